The minimum atomic E-state index is -6.28. The molecule has 0 amide bonds. The maximum Gasteiger partial charge on any atom is 0.523 e. The van der Waals surface area contributed by atoms with Crippen LogP contribution < -0.4 is 0 Å². The van der Waals surface area contributed by atoms with Gasteiger partial charge in [0.05, 0.1) is 13.1 Å². The topological polar surface area (TPSA) is 176 Å². The Morgan fingerprint density at radius 1 is 0.895 bits per heavy atom. The Labute approximate surface area is 211 Å². The van der Waals surface area contributed by atoms with E-state index >= 15 is 0 Å². The molecule has 38 heavy (non-hydrogen) atoms. The van der Waals surface area contributed by atoms with Crippen LogP contribution in [-0.2, 0) is 35.1 Å². The quantitative estimate of drug-likeness (QED) is 0.126. The smallest absolute Gasteiger partial charge is 0.285 e. The fourth-order valence-corrected chi connectivity index (χ4v) is 3.76. The molecule has 0 aliphatic carbocycles. The largest absolute Gasteiger partial charge is 0.523 e. The zero-order valence-electron chi connectivity index (χ0n) is 19.4. The van der Waals surface area contributed by atoms with Gasteiger partial charge in [0.2, 0.25) is 5.54 Å². The maximum absolute atomic E-state index is 12.0. The molecular formula is C17H21F6N3O10S2. The molecule has 0 bridgehead atoms. The van der Waals surface area contributed by atoms with Crippen molar-refractivity contribution in [3.8, 4) is 0 Å². The third-order valence-corrected chi connectivity index (χ3v) is 6.87. The molecule has 0 radical (unpaired) electrons. The minimum absolute atomic E-state index is 0.172. The summed E-state index contributed by atoms with van der Waals surface area (Å²) in [6.07, 6.45) is 0. The van der Waals surface area contributed by atoms with Crippen LogP contribution in [0.5, 0.6) is 0 Å². The van der Waals surface area contributed by atoms with E-state index in [0.29, 0.717) is 20.0 Å². The number of hydrogen-bond donors (Lipinski definition) is 0. The van der Waals surface area contributed by atoms with E-state index in [-0.39, 0.29) is 4.92 Å². The lowest BCUT2D eigenvalue weighted by atomic mass is 9.93. The van der Waals surface area contributed by atoms with Crippen LogP contribution in [0, 0.1) is 20.2 Å². The van der Waals surface area contributed by atoms with E-state index in [1.54, 1.807) is 6.92 Å². The van der Waals surface area contributed by atoms with Crippen LogP contribution in [0.3, 0.4) is 0 Å². The lowest BCUT2D eigenvalue weighted by Gasteiger charge is -2.40. The molecule has 0 spiro atoms. The Kier molecular flexibility index (Phi) is 10.2. The molecule has 21 heteroatoms. The second-order valence-corrected chi connectivity index (χ2v) is 11.7. The van der Waals surface area contributed by atoms with Gasteiger partial charge in [0.25, 0.3) is 5.54 Å². The van der Waals surface area contributed by atoms with Crippen molar-refractivity contribution in [1.82, 2.24) is 4.90 Å². The summed E-state index contributed by atoms with van der Waals surface area (Å²) < 4.78 is 121. The predicted octanol–water partition coefficient (Wildman–Crippen LogP) is 2.29. The Morgan fingerprint density at radius 2 is 1.29 bits per heavy atom. The zero-order chi connectivity index (χ0) is 29.8. The predicted molar refractivity (Wildman–Crippen MR) is 114 cm³/mol. The summed E-state index contributed by atoms with van der Waals surface area (Å²) >= 11 is 0. The number of rotatable bonds is 10. The summed E-state index contributed by atoms with van der Waals surface area (Å²) in [6, 6.07) is 10.0. The van der Waals surface area contributed by atoms with Gasteiger partial charge in [-0.3, -0.25) is 33.5 Å². The second-order valence-electron chi connectivity index (χ2n) is 8.46. The van der Waals surface area contributed by atoms with Gasteiger partial charge in [0, 0.05) is 30.2 Å². The van der Waals surface area contributed by atoms with E-state index in [0.717, 1.165) is 6.54 Å². The average Bonchev–Trinajstić information content (AvgIpc) is 2.74. The highest BCUT2D eigenvalue weighted by atomic mass is 32.2. The summed E-state index contributed by atoms with van der Waals surface area (Å²) in [5.74, 6) is 0. The lowest BCUT2D eigenvalue weighted by Crippen LogP contribution is -2.63. The molecule has 218 valence electrons. The summed E-state index contributed by atoms with van der Waals surface area (Å²) in [5.41, 5.74) is -14.4. The van der Waals surface area contributed by atoms with Gasteiger partial charge in [-0.05, 0) is 5.56 Å². The van der Waals surface area contributed by atoms with Gasteiger partial charge in [-0.2, -0.15) is 43.2 Å². The molecular weight excluding hydrogens is 584 g/mol. The number of likely N-dealkylation sites (tertiary alicyclic amines) is 1. The van der Waals surface area contributed by atoms with Crippen LogP contribution in [-0.4, -0.2) is 80.0 Å². The van der Waals surface area contributed by atoms with E-state index in [2.05, 4.69) is 13.3 Å². The van der Waals surface area contributed by atoms with E-state index in [1.807, 2.05) is 30.3 Å². The number of nitrogens with zero attached hydrogens (tertiary/aromatic N) is 3. The number of halogens is 6. The first-order valence-electron chi connectivity index (χ1n) is 9.92. The number of hydrogen-bond acceptors (Lipinski definition) is 11. The first-order valence-corrected chi connectivity index (χ1v) is 12.7. The number of alkyl halides is 6. The number of benzene rings is 1. The molecule has 0 unspecified atom stereocenters. The zero-order valence-corrected chi connectivity index (χ0v) is 21.1. The van der Waals surface area contributed by atoms with E-state index in [1.165, 1.54) is 5.56 Å². The molecule has 0 saturated carbocycles. The summed E-state index contributed by atoms with van der Waals surface area (Å²) in [5, 5.41) is 21.3. The molecule has 1 heterocycles. The van der Waals surface area contributed by atoms with Gasteiger partial charge in [0.1, 0.15) is 13.2 Å². The fourth-order valence-electron chi connectivity index (χ4n) is 2.68. The van der Waals surface area contributed by atoms with Gasteiger partial charge in [0.15, 0.2) is 0 Å². The van der Waals surface area contributed by atoms with Crippen LogP contribution in [0.2, 0.25) is 0 Å². The average molecular weight is 605 g/mol. The number of nitro groups is 2. The summed E-state index contributed by atoms with van der Waals surface area (Å²) in [4.78, 5) is 21.7. The lowest BCUT2D eigenvalue weighted by molar-refractivity contribution is -0.584. The first kappa shape index (κ1) is 33.4. The van der Waals surface area contributed by atoms with Crippen molar-refractivity contribution in [3.05, 3.63) is 56.1 Å². The van der Waals surface area contributed by atoms with E-state index < -0.39 is 60.5 Å². The van der Waals surface area contributed by atoms with Gasteiger partial charge in [-0.1, -0.05) is 30.3 Å². The molecule has 1 saturated heterocycles. The Hall–Kier alpha value is -2.62. The van der Waals surface area contributed by atoms with E-state index in [4.69, 9.17) is 0 Å². The molecule has 1 aromatic rings. The van der Waals surface area contributed by atoms with Gasteiger partial charge >= 0.3 is 31.3 Å². The van der Waals surface area contributed by atoms with E-state index in [9.17, 15) is 63.4 Å². The highest BCUT2D eigenvalue weighted by Gasteiger charge is 2.53. The molecule has 2 rings (SSSR count). The normalized spacial score (nSPS) is 16.6. The Morgan fingerprint density at radius 3 is 1.61 bits per heavy atom. The van der Waals surface area contributed by atoms with Crippen molar-refractivity contribution in [2.24, 2.45) is 0 Å². The third-order valence-electron chi connectivity index (χ3n) is 4.88. The monoisotopic (exact) mass is 605 g/mol. The summed E-state index contributed by atoms with van der Waals surface area (Å²) in [7, 11) is -12.6. The Bertz CT molecular complexity index is 1150. The van der Waals surface area contributed by atoms with Gasteiger partial charge in [-0.15, -0.1) is 0 Å². The maximum atomic E-state index is 12.0. The fraction of sp³-hybridized carbons (Fsp3) is 0.647. The van der Waals surface area contributed by atoms with Crippen molar-refractivity contribution < 1.29 is 61.4 Å². The molecule has 1 aliphatic heterocycles. The van der Waals surface area contributed by atoms with Crippen LogP contribution >= 0.6 is 0 Å². The highest BCUT2D eigenvalue weighted by molar-refractivity contribution is 7.87. The van der Waals surface area contributed by atoms with Gasteiger partial charge < -0.3 is 0 Å². The van der Waals surface area contributed by atoms with Crippen LogP contribution in [0.4, 0.5) is 26.3 Å². The van der Waals surface area contributed by atoms with Gasteiger partial charge in [-0.25, -0.2) is 0 Å². The molecule has 1 fully saturated rings. The standard InChI is InChI=1S/C11H14N2O2.C6H7F6NO8S2/c1-11(13(14)15)8-12(9-11)7-10-5-3-2-4-6-10;1-4(13(14)15,2-20-22(16,17)5(7,8)9)3-21-23(18,19)6(10,11)12/h2-6H,7-9H2,1H3;2-3H2,1H3. The van der Waals surface area contributed by atoms with Crippen molar-refractivity contribution in [2.45, 2.75) is 42.5 Å². The Balaban J connectivity index is 0.000000411. The highest BCUT2D eigenvalue weighted by Crippen LogP contribution is 2.29. The van der Waals surface area contributed by atoms with Crippen molar-refractivity contribution in [3.63, 3.8) is 0 Å². The molecule has 0 N–H and O–H groups in total. The minimum Gasteiger partial charge on any atom is -0.285 e. The molecule has 0 aromatic heterocycles. The molecule has 0 atom stereocenters. The van der Waals surface area contributed by atoms with Crippen molar-refractivity contribution in [1.29, 1.82) is 0 Å². The summed E-state index contributed by atoms with van der Waals surface area (Å²) in [6.45, 7) is 0.0950. The first-order chi connectivity index (χ1) is 17.0. The van der Waals surface area contributed by atoms with Crippen LogP contribution in [0.15, 0.2) is 30.3 Å². The van der Waals surface area contributed by atoms with Crippen molar-refractivity contribution >= 4 is 20.2 Å². The molecule has 1 aliphatic rings. The SMILES string of the molecule is CC(COS(=O)(=O)C(F)(F)F)(COS(=O)(=O)C(F)(F)F)[N+](=O)[O-].CC1([N+](=O)[O-])CN(Cc2ccccc2)C1. The van der Waals surface area contributed by atoms with Crippen LogP contribution in [0.25, 0.3) is 0 Å². The molecule has 13 nitrogen and oxygen atoms in total. The molecule has 1 aromatic carbocycles. The van der Waals surface area contributed by atoms with Crippen LogP contribution in [0.1, 0.15) is 19.4 Å². The van der Waals surface area contributed by atoms with Crippen molar-refractivity contribution in [2.75, 3.05) is 26.3 Å². The second kappa shape index (κ2) is 11.6. The third kappa shape index (κ3) is 8.71.